The molecule has 2 aliphatic heterocycles. The van der Waals surface area contributed by atoms with Gasteiger partial charge in [0.1, 0.15) is 30.6 Å². The summed E-state index contributed by atoms with van der Waals surface area (Å²) in [6.07, 6.45) is 0. The molecule has 3 heterocycles. The van der Waals surface area contributed by atoms with E-state index in [0.29, 0.717) is 18.1 Å². The normalized spacial score (nSPS) is 19.3. The molecule has 0 bridgehead atoms. The molecular weight excluding hydrogens is 451 g/mol. The Hall–Kier alpha value is -2.47. The molecule has 33 heavy (non-hydrogen) atoms. The zero-order valence-corrected chi connectivity index (χ0v) is 20.1. The van der Waals surface area contributed by atoms with E-state index in [-0.39, 0.29) is 6.04 Å². The van der Waals surface area contributed by atoms with Gasteiger partial charge >= 0.3 is 0 Å². The summed E-state index contributed by atoms with van der Waals surface area (Å²) in [4.78, 5) is 2.77. The van der Waals surface area contributed by atoms with Crippen LogP contribution in [0.5, 0.6) is 0 Å². The Kier molecular flexibility index (Phi) is 6.91. The van der Waals surface area contributed by atoms with E-state index in [0.717, 1.165) is 37.4 Å². The molecule has 0 spiro atoms. The fourth-order valence-electron chi connectivity index (χ4n) is 4.27. The molecule has 1 aromatic heterocycles. The zero-order chi connectivity index (χ0) is 22.5. The monoisotopic (exact) mass is 479 g/mol. The topological polar surface area (TPSA) is 52.0 Å². The van der Waals surface area contributed by atoms with E-state index >= 15 is 0 Å². The fourth-order valence-corrected chi connectivity index (χ4v) is 6.98. The summed E-state index contributed by atoms with van der Waals surface area (Å²) >= 11 is 1.76. The fraction of sp³-hybridized carbons (Fsp3) is 0.231. The first kappa shape index (κ1) is 22.3. The van der Waals surface area contributed by atoms with Gasteiger partial charge in [-0.2, -0.15) is 0 Å². The number of hydrogen-bond acceptors (Lipinski definition) is 4. The third kappa shape index (κ3) is 5.37. The van der Waals surface area contributed by atoms with Crippen molar-refractivity contribution in [3.63, 3.8) is 0 Å². The quantitative estimate of drug-likeness (QED) is 0.487. The zero-order valence-electron chi connectivity index (χ0n) is 18.4. The van der Waals surface area contributed by atoms with E-state index in [9.17, 15) is 4.57 Å². The summed E-state index contributed by atoms with van der Waals surface area (Å²) < 4.78 is 26.0. The van der Waals surface area contributed by atoms with Gasteiger partial charge in [0, 0.05) is 22.8 Å². The van der Waals surface area contributed by atoms with Crippen molar-refractivity contribution in [3.05, 3.63) is 106 Å². The lowest BCUT2D eigenvalue weighted by Gasteiger charge is -2.32. The number of rotatable bonds is 7. The lowest BCUT2D eigenvalue weighted by atomic mass is 10.2. The minimum atomic E-state index is -3.00. The maximum absolute atomic E-state index is 14.2. The van der Waals surface area contributed by atoms with Gasteiger partial charge in [0.15, 0.2) is 7.29 Å². The second kappa shape index (κ2) is 10.2. The maximum atomic E-state index is 14.2. The van der Waals surface area contributed by atoms with Crippen molar-refractivity contribution in [1.29, 1.82) is 0 Å². The Bertz CT molecular complexity index is 1100. The Labute approximate surface area is 198 Å². The maximum Gasteiger partial charge on any atom is 0.198 e. The first-order valence-electron chi connectivity index (χ1n) is 11.2. The van der Waals surface area contributed by atoms with Crippen molar-refractivity contribution < 1.29 is 18.9 Å². The van der Waals surface area contributed by atoms with Crippen molar-refractivity contribution in [2.45, 2.75) is 6.04 Å². The van der Waals surface area contributed by atoms with Gasteiger partial charge < -0.3 is 14.4 Å². The third-order valence-corrected chi connectivity index (χ3v) is 8.91. The summed E-state index contributed by atoms with van der Waals surface area (Å²) in [5, 5.41) is 5.56. The van der Waals surface area contributed by atoms with Crippen molar-refractivity contribution in [2.24, 2.45) is 0 Å². The molecular formula is C26H28N2O3PS+. The van der Waals surface area contributed by atoms with Gasteiger partial charge in [-0.15, -0.1) is 11.3 Å². The van der Waals surface area contributed by atoms with Crippen molar-refractivity contribution in [1.82, 2.24) is 5.09 Å². The van der Waals surface area contributed by atoms with Crippen LogP contribution in [-0.4, -0.2) is 32.8 Å². The van der Waals surface area contributed by atoms with Crippen molar-refractivity contribution >= 4 is 30.1 Å². The SMILES string of the molecule is O=P1(NC[C@H](c2cccs2)[NH+]2CCOCC2)C=C(c2ccccc2)OC(c2ccccc2)=C1. The lowest BCUT2D eigenvalue weighted by Crippen LogP contribution is -3.14. The van der Waals surface area contributed by atoms with E-state index in [1.165, 1.54) is 9.78 Å². The van der Waals surface area contributed by atoms with Crippen LogP contribution in [0.4, 0.5) is 0 Å². The van der Waals surface area contributed by atoms with E-state index in [1.54, 1.807) is 23.0 Å². The minimum Gasteiger partial charge on any atom is -0.456 e. The van der Waals surface area contributed by atoms with E-state index in [1.807, 2.05) is 60.7 Å². The van der Waals surface area contributed by atoms with Crippen LogP contribution in [0.2, 0.25) is 0 Å². The average molecular weight is 480 g/mol. The van der Waals surface area contributed by atoms with Crippen LogP contribution in [0.1, 0.15) is 22.0 Å². The minimum absolute atomic E-state index is 0.227. The summed E-state index contributed by atoms with van der Waals surface area (Å²) in [6.45, 7) is 4.05. The number of ether oxygens (including phenoxy) is 2. The van der Waals surface area contributed by atoms with Crippen molar-refractivity contribution in [2.75, 3.05) is 32.8 Å². The molecule has 2 aliphatic rings. The van der Waals surface area contributed by atoms with Crippen molar-refractivity contribution in [3.8, 4) is 0 Å². The largest absolute Gasteiger partial charge is 0.456 e. The second-order valence-corrected chi connectivity index (χ2v) is 11.5. The Morgan fingerprint density at radius 2 is 1.48 bits per heavy atom. The van der Waals surface area contributed by atoms with Crippen LogP contribution in [0.25, 0.3) is 11.5 Å². The molecule has 1 fully saturated rings. The van der Waals surface area contributed by atoms with Gasteiger partial charge in [-0.1, -0.05) is 66.7 Å². The van der Waals surface area contributed by atoms with Crippen LogP contribution in [0, 0.1) is 0 Å². The molecule has 0 aliphatic carbocycles. The van der Waals surface area contributed by atoms with E-state index in [2.05, 4.69) is 22.6 Å². The lowest BCUT2D eigenvalue weighted by molar-refractivity contribution is -0.937. The smallest absolute Gasteiger partial charge is 0.198 e. The first-order valence-corrected chi connectivity index (χ1v) is 14.0. The molecule has 2 N–H and O–H groups in total. The average Bonchev–Trinajstić information content (AvgIpc) is 3.40. The van der Waals surface area contributed by atoms with Gasteiger partial charge in [-0.05, 0) is 11.4 Å². The molecule has 1 atom stereocenters. The Balaban J connectivity index is 1.45. The van der Waals surface area contributed by atoms with Crippen LogP contribution >= 0.6 is 18.6 Å². The van der Waals surface area contributed by atoms with E-state index < -0.39 is 7.29 Å². The van der Waals surface area contributed by atoms with Gasteiger partial charge in [-0.25, -0.2) is 0 Å². The number of hydrogen-bond donors (Lipinski definition) is 2. The molecule has 7 heteroatoms. The van der Waals surface area contributed by atoms with Crippen LogP contribution < -0.4 is 9.99 Å². The molecule has 0 saturated carbocycles. The van der Waals surface area contributed by atoms with E-state index in [4.69, 9.17) is 9.47 Å². The molecule has 1 saturated heterocycles. The number of thiophene rings is 1. The Morgan fingerprint density at radius 3 is 2.03 bits per heavy atom. The summed E-state index contributed by atoms with van der Waals surface area (Å²) in [7, 11) is -3.00. The molecule has 5 rings (SSSR count). The highest BCUT2D eigenvalue weighted by Crippen LogP contribution is 2.53. The first-order chi connectivity index (χ1) is 16.2. The third-order valence-electron chi connectivity index (χ3n) is 6.01. The molecule has 2 aromatic carbocycles. The highest BCUT2D eigenvalue weighted by Gasteiger charge is 2.32. The molecule has 0 radical (unpaired) electrons. The second-order valence-electron chi connectivity index (χ2n) is 8.23. The predicted octanol–water partition coefficient (Wildman–Crippen LogP) is 4.60. The molecule has 0 amide bonds. The number of morpholine rings is 1. The Morgan fingerprint density at radius 1 is 0.879 bits per heavy atom. The molecule has 5 nitrogen and oxygen atoms in total. The summed E-state index contributed by atoms with van der Waals surface area (Å²) in [6, 6.07) is 24.2. The van der Waals surface area contributed by atoms with Crippen LogP contribution in [0.3, 0.4) is 0 Å². The highest BCUT2D eigenvalue weighted by molar-refractivity contribution is 7.68. The summed E-state index contributed by atoms with van der Waals surface area (Å²) in [5.74, 6) is 4.79. The highest BCUT2D eigenvalue weighted by atomic mass is 32.1. The standard InChI is InChI=1S/C26H27N2O3PS/c29-32(27-18-23(26-12-7-17-33-26)28-13-15-30-16-14-28)19-24(21-8-3-1-4-9-21)31-25(20-32)22-10-5-2-6-11-22/h1-12,17,19-20,23H,13-16,18H2,(H,27,29)/p+1/t23-/m1/s1. The van der Waals surface area contributed by atoms with Gasteiger partial charge in [0.2, 0.25) is 0 Å². The number of nitrogens with one attached hydrogen (secondary N) is 2. The number of benzene rings is 2. The summed E-state index contributed by atoms with van der Waals surface area (Å²) in [5.41, 5.74) is 1.82. The van der Waals surface area contributed by atoms with Crippen LogP contribution in [0.15, 0.2) is 89.8 Å². The molecule has 3 aromatic rings. The predicted molar refractivity (Wildman–Crippen MR) is 134 cm³/mol. The van der Waals surface area contributed by atoms with Crippen LogP contribution in [-0.2, 0) is 14.0 Å². The molecule has 0 unspecified atom stereocenters. The molecule has 170 valence electrons. The van der Waals surface area contributed by atoms with Gasteiger partial charge in [0.25, 0.3) is 0 Å². The van der Waals surface area contributed by atoms with Gasteiger partial charge in [-0.3, -0.25) is 9.65 Å². The number of quaternary nitrogens is 1. The van der Waals surface area contributed by atoms with Gasteiger partial charge in [0.05, 0.1) is 24.6 Å².